The average Bonchev–Trinajstić information content (AvgIpc) is 2.99. The van der Waals surface area contributed by atoms with E-state index >= 15 is 0 Å². The molecule has 1 atom stereocenters. The summed E-state index contributed by atoms with van der Waals surface area (Å²) < 4.78 is 26.5. The molecule has 0 saturated heterocycles. The van der Waals surface area contributed by atoms with Crippen LogP contribution in [0.2, 0.25) is 0 Å². The molecule has 0 aromatic heterocycles. The molecule has 0 N–H and O–H groups in total. The summed E-state index contributed by atoms with van der Waals surface area (Å²) in [5.41, 5.74) is 0.0768. The van der Waals surface area contributed by atoms with E-state index < -0.39 is 11.9 Å². The fourth-order valence-electron chi connectivity index (χ4n) is 2.32. The van der Waals surface area contributed by atoms with Crippen molar-refractivity contribution in [3.63, 3.8) is 0 Å². The first kappa shape index (κ1) is 21.4. The summed E-state index contributed by atoms with van der Waals surface area (Å²) in [5, 5.41) is 0. The summed E-state index contributed by atoms with van der Waals surface area (Å²) >= 11 is 0. The molecule has 0 aromatic rings. The molecule has 1 aliphatic carbocycles. The number of methoxy groups -OCH3 is 3. The van der Waals surface area contributed by atoms with Gasteiger partial charge in [0.05, 0.1) is 13.2 Å². The Bertz CT molecular complexity index is 570. The standard InChI is InChI=1S/C19H26O6/c1-16(20)9-10-17-7-5-11-19(17,25-15-24-14-13-21-2)12-6-8-18(22-3)23-4/h7,18H,5,11-15H2,1-4H3. The monoisotopic (exact) mass is 350 g/mol. The number of ketones is 1. The van der Waals surface area contributed by atoms with Gasteiger partial charge in [0.25, 0.3) is 0 Å². The van der Waals surface area contributed by atoms with E-state index in [0.29, 0.717) is 19.6 Å². The van der Waals surface area contributed by atoms with Crippen LogP contribution in [-0.2, 0) is 28.5 Å². The maximum atomic E-state index is 11.2. The number of carbonyl (C=O) groups is 1. The van der Waals surface area contributed by atoms with Crippen molar-refractivity contribution in [1.82, 2.24) is 0 Å². The molecule has 1 rings (SSSR count). The predicted molar refractivity (Wildman–Crippen MR) is 92.5 cm³/mol. The Morgan fingerprint density at radius 1 is 1.28 bits per heavy atom. The minimum atomic E-state index is -0.686. The zero-order valence-electron chi connectivity index (χ0n) is 15.3. The van der Waals surface area contributed by atoms with E-state index in [1.54, 1.807) is 7.11 Å². The highest BCUT2D eigenvalue weighted by molar-refractivity contribution is 5.93. The number of rotatable bonds is 9. The molecule has 1 aliphatic rings. The second-order valence-electron chi connectivity index (χ2n) is 5.42. The minimum Gasteiger partial charge on any atom is -0.382 e. The van der Waals surface area contributed by atoms with Crippen LogP contribution in [0.3, 0.4) is 0 Å². The summed E-state index contributed by atoms with van der Waals surface area (Å²) in [5.74, 6) is 11.2. The first-order chi connectivity index (χ1) is 12.1. The fraction of sp³-hybridized carbons (Fsp3) is 0.632. The van der Waals surface area contributed by atoms with Crippen LogP contribution in [0.4, 0.5) is 0 Å². The Kier molecular flexibility index (Phi) is 10.1. The van der Waals surface area contributed by atoms with Crippen molar-refractivity contribution >= 4 is 5.78 Å². The molecular formula is C19H26O6. The van der Waals surface area contributed by atoms with Crippen LogP contribution in [0.25, 0.3) is 0 Å². The van der Waals surface area contributed by atoms with Crippen LogP contribution in [0.15, 0.2) is 11.6 Å². The van der Waals surface area contributed by atoms with E-state index in [-0.39, 0.29) is 12.6 Å². The molecule has 0 radical (unpaired) electrons. The second-order valence-corrected chi connectivity index (χ2v) is 5.42. The molecule has 0 aromatic carbocycles. The predicted octanol–water partition coefficient (Wildman–Crippen LogP) is 1.69. The van der Waals surface area contributed by atoms with Gasteiger partial charge in [-0.25, -0.2) is 0 Å². The van der Waals surface area contributed by atoms with Gasteiger partial charge in [0.2, 0.25) is 12.1 Å². The highest BCUT2D eigenvalue weighted by Crippen LogP contribution is 2.36. The van der Waals surface area contributed by atoms with Gasteiger partial charge in [-0.2, -0.15) is 0 Å². The van der Waals surface area contributed by atoms with Gasteiger partial charge in [0.1, 0.15) is 12.4 Å². The molecule has 138 valence electrons. The number of allylic oxidation sites excluding steroid dienone is 1. The molecule has 0 aliphatic heterocycles. The first-order valence-corrected chi connectivity index (χ1v) is 8.06. The summed E-state index contributed by atoms with van der Waals surface area (Å²) in [4.78, 5) is 11.2. The van der Waals surface area contributed by atoms with E-state index in [9.17, 15) is 4.79 Å². The molecule has 25 heavy (non-hydrogen) atoms. The molecule has 1 unspecified atom stereocenters. The average molecular weight is 350 g/mol. The second kappa shape index (κ2) is 11.8. The van der Waals surface area contributed by atoms with E-state index in [1.807, 2.05) is 6.08 Å². The smallest absolute Gasteiger partial charge is 0.221 e. The lowest BCUT2D eigenvalue weighted by molar-refractivity contribution is -0.128. The number of hydrogen-bond acceptors (Lipinski definition) is 6. The largest absolute Gasteiger partial charge is 0.382 e. The lowest BCUT2D eigenvalue weighted by Crippen LogP contribution is -2.33. The Morgan fingerprint density at radius 2 is 2.04 bits per heavy atom. The van der Waals surface area contributed by atoms with Gasteiger partial charge in [-0.05, 0) is 24.7 Å². The third-order valence-corrected chi connectivity index (χ3v) is 3.63. The van der Waals surface area contributed by atoms with Crippen molar-refractivity contribution in [2.75, 3.05) is 41.3 Å². The molecule has 0 spiro atoms. The van der Waals surface area contributed by atoms with Gasteiger partial charge in [0, 0.05) is 40.2 Å². The van der Waals surface area contributed by atoms with Crippen molar-refractivity contribution in [3.8, 4) is 23.7 Å². The van der Waals surface area contributed by atoms with E-state index in [1.165, 1.54) is 21.1 Å². The SMILES string of the molecule is COCCOCOC1(CC#CC(OC)OC)CCC=C1C#CC(C)=O. The van der Waals surface area contributed by atoms with Crippen LogP contribution < -0.4 is 0 Å². The third kappa shape index (κ3) is 7.39. The summed E-state index contributed by atoms with van der Waals surface area (Å²) in [6.07, 6.45) is 3.33. The highest BCUT2D eigenvalue weighted by Gasteiger charge is 2.37. The summed E-state index contributed by atoms with van der Waals surface area (Å²) in [7, 11) is 4.66. The van der Waals surface area contributed by atoms with Gasteiger partial charge < -0.3 is 23.7 Å². The van der Waals surface area contributed by atoms with E-state index in [4.69, 9.17) is 23.7 Å². The van der Waals surface area contributed by atoms with Gasteiger partial charge >= 0.3 is 0 Å². The first-order valence-electron chi connectivity index (χ1n) is 8.06. The van der Waals surface area contributed by atoms with Gasteiger partial charge in [-0.15, -0.1) is 0 Å². The van der Waals surface area contributed by atoms with Crippen molar-refractivity contribution in [3.05, 3.63) is 11.6 Å². The van der Waals surface area contributed by atoms with Gasteiger partial charge in [-0.1, -0.05) is 17.9 Å². The molecule has 0 heterocycles. The molecule has 6 heteroatoms. The quantitative estimate of drug-likeness (QED) is 0.273. The minimum absolute atomic E-state index is 0.0993. The summed E-state index contributed by atoms with van der Waals surface area (Å²) in [6.45, 7) is 2.46. The van der Waals surface area contributed by atoms with Crippen molar-refractivity contribution in [2.45, 2.75) is 38.1 Å². The lowest BCUT2D eigenvalue weighted by Gasteiger charge is -2.28. The Labute approximate surface area is 149 Å². The zero-order valence-corrected chi connectivity index (χ0v) is 15.3. The topological polar surface area (TPSA) is 63.2 Å². The molecule has 0 amide bonds. The molecule has 6 nitrogen and oxygen atoms in total. The van der Waals surface area contributed by atoms with Crippen molar-refractivity contribution < 1.29 is 28.5 Å². The normalized spacial score (nSPS) is 19.0. The number of Topliss-reactive ketones (excluding diaryl/α,β-unsaturated/α-hetero) is 1. The van der Waals surface area contributed by atoms with Crippen LogP contribution in [0, 0.1) is 23.7 Å². The van der Waals surface area contributed by atoms with Crippen LogP contribution in [0.5, 0.6) is 0 Å². The van der Waals surface area contributed by atoms with Gasteiger partial charge in [0.15, 0.2) is 0 Å². The van der Waals surface area contributed by atoms with Crippen LogP contribution in [-0.4, -0.2) is 59.0 Å². The van der Waals surface area contributed by atoms with Gasteiger partial charge in [-0.3, -0.25) is 4.79 Å². The van der Waals surface area contributed by atoms with E-state index in [0.717, 1.165) is 18.4 Å². The van der Waals surface area contributed by atoms with Crippen molar-refractivity contribution in [1.29, 1.82) is 0 Å². The van der Waals surface area contributed by atoms with E-state index in [2.05, 4.69) is 23.7 Å². The summed E-state index contributed by atoms with van der Waals surface area (Å²) in [6, 6.07) is 0. The maximum Gasteiger partial charge on any atom is 0.221 e. The highest BCUT2D eigenvalue weighted by atomic mass is 16.7. The Balaban J connectivity index is 2.85. The Hall–Kier alpha value is -1.67. The molecule has 0 saturated carbocycles. The molecular weight excluding hydrogens is 324 g/mol. The lowest BCUT2D eigenvalue weighted by atomic mass is 9.91. The number of ether oxygens (including phenoxy) is 5. The Morgan fingerprint density at radius 3 is 2.68 bits per heavy atom. The third-order valence-electron chi connectivity index (χ3n) is 3.63. The maximum absolute atomic E-state index is 11.2. The number of carbonyl (C=O) groups excluding carboxylic acids is 1. The zero-order chi connectivity index (χ0) is 18.5. The molecule has 0 fully saturated rings. The van der Waals surface area contributed by atoms with Crippen LogP contribution >= 0.6 is 0 Å². The fourth-order valence-corrected chi connectivity index (χ4v) is 2.32. The number of hydrogen-bond donors (Lipinski definition) is 0. The van der Waals surface area contributed by atoms with Crippen molar-refractivity contribution in [2.24, 2.45) is 0 Å². The molecule has 0 bridgehead atoms. The van der Waals surface area contributed by atoms with Crippen LogP contribution in [0.1, 0.15) is 26.2 Å².